The first-order valence-corrected chi connectivity index (χ1v) is 10.9. The van der Waals surface area contributed by atoms with Crippen molar-refractivity contribution in [3.8, 4) is 5.82 Å². The lowest BCUT2D eigenvalue weighted by molar-refractivity contribution is 0.320. The monoisotopic (exact) mass is 403 g/mol. The smallest absolute Gasteiger partial charge is 0.160 e. The van der Waals surface area contributed by atoms with Crippen molar-refractivity contribution in [1.82, 2.24) is 19.4 Å². The number of rotatable bonds is 3. The second kappa shape index (κ2) is 7.02. The first kappa shape index (κ1) is 18.4. The van der Waals surface area contributed by atoms with Crippen LogP contribution in [-0.2, 0) is 0 Å². The number of hydrogen-bond donors (Lipinski definition) is 0. The van der Waals surface area contributed by atoms with Crippen LogP contribution in [0.3, 0.4) is 0 Å². The van der Waals surface area contributed by atoms with Gasteiger partial charge in [0.05, 0.1) is 11.7 Å². The summed E-state index contributed by atoms with van der Waals surface area (Å²) in [5.74, 6) is 0.967. The lowest BCUT2D eigenvalue weighted by atomic mass is 9.96. The van der Waals surface area contributed by atoms with Crippen molar-refractivity contribution in [2.24, 2.45) is 4.99 Å². The van der Waals surface area contributed by atoms with E-state index < -0.39 is 0 Å². The summed E-state index contributed by atoms with van der Waals surface area (Å²) in [4.78, 5) is 16.9. The lowest BCUT2D eigenvalue weighted by Gasteiger charge is -2.27. The van der Waals surface area contributed by atoms with Crippen molar-refractivity contribution in [2.45, 2.75) is 45.0 Å². The molecule has 1 saturated heterocycles. The van der Waals surface area contributed by atoms with Gasteiger partial charge < -0.3 is 9.47 Å². The van der Waals surface area contributed by atoms with Gasteiger partial charge in [-0.3, -0.25) is 9.98 Å². The third-order valence-electron chi connectivity index (χ3n) is 5.80. The van der Waals surface area contributed by atoms with Crippen molar-refractivity contribution >= 4 is 16.9 Å². The summed E-state index contributed by atoms with van der Waals surface area (Å²) in [5, 5.41) is 1.71. The summed E-state index contributed by atoms with van der Waals surface area (Å²) in [6.07, 6.45) is 3.80. The van der Waals surface area contributed by atoms with Crippen LogP contribution in [-0.4, -0.2) is 36.4 Å². The molecule has 5 heterocycles. The molecule has 29 heavy (non-hydrogen) atoms. The summed E-state index contributed by atoms with van der Waals surface area (Å²) < 4.78 is 2.26. The van der Waals surface area contributed by atoms with Crippen LogP contribution >= 0.6 is 11.8 Å². The van der Waals surface area contributed by atoms with Crippen LogP contribution in [0.5, 0.6) is 0 Å². The first-order chi connectivity index (χ1) is 14.0. The maximum atomic E-state index is 5.11. The topological polar surface area (TPSA) is 46.3 Å². The zero-order valence-corrected chi connectivity index (χ0v) is 18.0. The fraction of sp³-hybridized carbons (Fsp3) is 0.348. The minimum Gasteiger partial charge on any atom is -0.341 e. The molecule has 0 radical (unpaired) electrons. The van der Waals surface area contributed by atoms with Gasteiger partial charge in [0.2, 0.25) is 0 Å². The maximum Gasteiger partial charge on any atom is 0.160 e. The van der Waals surface area contributed by atoms with Crippen LogP contribution in [0.1, 0.15) is 47.2 Å². The van der Waals surface area contributed by atoms with E-state index in [4.69, 9.17) is 4.99 Å². The van der Waals surface area contributed by atoms with Crippen molar-refractivity contribution in [1.29, 1.82) is 0 Å². The minimum atomic E-state index is 0.0196. The molecule has 148 valence electrons. The Bertz CT molecular complexity index is 1070. The molecule has 0 unspecified atom stereocenters. The lowest BCUT2D eigenvalue weighted by Crippen LogP contribution is -2.28. The average Bonchev–Trinajstić information content (AvgIpc) is 3.33. The van der Waals surface area contributed by atoms with Crippen LogP contribution in [0.25, 0.3) is 5.82 Å². The predicted octanol–water partition coefficient (Wildman–Crippen LogP) is 4.78. The highest BCUT2D eigenvalue weighted by Crippen LogP contribution is 2.48. The Morgan fingerprint density at radius 1 is 1.07 bits per heavy atom. The van der Waals surface area contributed by atoms with Crippen molar-refractivity contribution in [2.75, 3.05) is 6.54 Å². The first-order valence-electron chi connectivity index (χ1n) is 10.1. The van der Waals surface area contributed by atoms with E-state index in [2.05, 4.69) is 77.5 Å². The summed E-state index contributed by atoms with van der Waals surface area (Å²) >= 11 is 1.88. The van der Waals surface area contributed by atoms with Gasteiger partial charge in [-0.25, -0.2) is 4.98 Å². The van der Waals surface area contributed by atoms with Crippen molar-refractivity contribution in [3.05, 3.63) is 77.0 Å². The van der Waals surface area contributed by atoms with E-state index in [0.29, 0.717) is 5.25 Å². The molecule has 2 aliphatic heterocycles. The second-order valence-corrected chi connectivity index (χ2v) is 9.40. The number of hydrogen-bond acceptors (Lipinski definition) is 5. The van der Waals surface area contributed by atoms with E-state index in [9.17, 15) is 0 Å². The second-order valence-electron chi connectivity index (χ2n) is 7.99. The number of thioether (sulfide) groups is 1. The van der Waals surface area contributed by atoms with Crippen LogP contribution < -0.4 is 0 Å². The third-order valence-corrected chi connectivity index (χ3v) is 6.90. The molecule has 5 rings (SSSR count). The highest BCUT2D eigenvalue weighted by molar-refractivity contribution is 8.14. The molecular weight excluding hydrogens is 378 g/mol. The van der Waals surface area contributed by atoms with Gasteiger partial charge in [0.25, 0.3) is 0 Å². The normalized spacial score (nSPS) is 23.4. The molecule has 3 atom stereocenters. The average molecular weight is 404 g/mol. The van der Waals surface area contributed by atoms with Gasteiger partial charge in [0, 0.05) is 35.6 Å². The Morgan fingerprint density at radius 2 is 1.93 bits per heavy atom. The zero-order chi connectivity index (χ0) is 20.1. The third kappa shape index (κ3) is 3.06. The number of nitrogens with zero attached hydrogens (tertiary/aromatic N) is 5. The molecule has 0 saturated carbocycles. The summed E-state index contributed by atoms with van der Waals surface area (Å²) in [6.45, 7) is 9.72. The van der Waals surface area contributed by atoms with Crippen LogP contribution in [0.2, 0.25) is 0 Å². The molecule has 0 spiro atoms. The molecule has 0 N–H and O–H groups in total. The minimum absolute atomic E-state index is 0.0196. The molecule has 0 amide bonds. The van der Waals surface area contributed by atoms with Crippen molar-refractivity contribution in [3.63, 3.8) is 0 Å². The SMILES string of the molecule is Cc1ccc(-n2c(C)cc([C@@H]3[C@@H](c4ccccn4)N=C4S[C@@H](C)CN43)c2C)nc1. The van der Waals surface area contributed by atoms with Crippen LogP contribution in [0, 0.1) is 20.8 Å². The molecule has 0 aliphatic carbocycles. The number of aryl methyl sites for hydroxylation is 2. The van der Waals surface area contributed by atoms with Gasteiger partial charge in [-0.2, -0.15) is 0 Å². The van der Waals surface area contributed by atoms with E-state index in [1.54, 1.807) is 0 Å². The van der Waals surface area contributed by atoms with E-state index in [0.717, 1.165) is 23.2 Å². The predicted molar refractivity (Wildman–Crippen MR) is 119 cm³/mol. The molecule has 0 bridgehead atoms. The Kier molecular flexibility index (Phi) is 4.46. The van der Waals surface area contributed by atoms with Crippen LogP contribution in [0.15, 0.2) is 53.8 Å². The molecule has 2 aliphatic rings. The van der Waals surface area contributed by atoms with E-state index in [1.165, 1.54) is 22.5 Å². The summed E-state index contributed by atoms with van der Waals surface area (Å²) in [6, 6.07) is 12.8. The number of fused-ring (bicyclic) bond motifs is 1. The van der Waals surface area contributed by atoms with E-state index in [1.807, 2.05) is 30.2 Å². The van der Waals surface area contributed by atoms with E-state index >= 15 is 0 Å². The number of amidine groups is 1. The van der Waals surface area contributed by atoms with Crippen molar-refractivity contribution < 1.29 is 0 Å². The Labute approximate surface area is 175 Å². The quantitative estimate of drug-likeness (QED) is 0.631. The Hall–Kier alpha value is -2.60. The molecular formula is C23H25N5S. The Balaban J connectivity index is 1.62. The Morgan fingerprint density at radius 3 is 2.66 bits per heavy atom. The van der Waals surface area contributed by atoms with Gasteiger partial charge in [0.1, 0.15) is 11.9 Å². The highest BCUT2D eigenvalue weighted by atomic mass is 32.2. The fourth-order valence-electron chi connectivity index (χ4n) is 4.49. The molecule has 0 aromatic carbocycles. The number of pyridine rings is 2. The van der Waals surface area contributed by atoms with Gasteiger partial charge in [0.15, 0.2) is 5.17 Å². The largest absolute Gasteiger partial charge is 0.341 e. The maximum absolute atomic E-state index is 5.11. The molecule has 5 nitrogen and oxygen atoms in total. The molecule has 6 heteroatoms. The highest BCUT2D eigenvalue weighted by Gasteiger charge is 2.44. The number of aliphatic imine (C=N–C) groups is 1. The van der Waals surface area contributed by atoms with Gasteiger partial charge in [-0.15, -0.1) is 0 Å². The zero-order valence-electron chi connectivity index (χ0n) is 17.2. The standard InChI is InChI=1S/C23H25N5S/c1-14-8-9-20(25-12-14)28-15(2)11-18(17(28)4)22-21(19-7-5-6-10-24-19)26-23-27(22)13-16(3)29-23/h5-12,16,21-22H,13H2,1-4H3/t16-,21+,22+/m0/s1. The van der Waals surface area contributed by atoms with E-state index in [-0.39, 0.29) is 12.1 Å². The van der Waals surface area contributed by atoms with Crippen LogP contribution in [0.4, 0.5) is 0 Å². The van der Waals surface area contributed by atoms with Gasteiger partial charge in [-0.05, 0) is 56.2 Å². The molecule has 3 aromatic rings. The van der Waals surface area contributed by atoms with Gasteiger partial charge >= 0.3 is 0 Å². The molecule has 3 aromatic heterocycles. The summed E-state index contributed by atoms with van der Waals surface area (Å²) in [7, 11) is 0. The molecule has 1 fully saturated rings. The summed E-state index contributed by atoms with van der Waals surface area (Å²) in [5.41, 5.74) is 5.94. The van der Waals surface area contributed by atoms with Gasteiger partial charge in [-0.1, -0.05) is 30.8 Å². The fourth-order valence-corrected chi connectivity index (χ4v) is 5.58. The number of aromatic nitrogens is 3.